The van der Waals surface area contributed by atoms with Crippen LogP contribution in [0.1, 0.15) is 56.5 Å². The molecule has 0 bridgehead atoms. The Kier molecular flexibility index (Phi) is 5.70. The van der Waals surface area contributed by atoms with Crippen molar-refractivity contribution in [2.45, 2.75) is 40.3 Å². The molecular weight excluding hydrogens is 400 g/mol. The van der Waals surface area contributed by atoms with Gasteiger partial charge in [0.05, 0.1) is 23.6 Å². The van der Waals surface area contributed by atoms with E-state index in [1.807, 2.05) is 98.5 Å². The number of Topliss-reactive ketones (excluding diaryl/α,β-unsaturated/α-hetero) is 1. The van der Waals surface area contributed by atoms with Gasteiger partial charge in [-0.3, -0.25) is 9.59 Å². The van der Waals surface area contributed by atoms with E-state index in [1.54, 1.807) is 0 Å². The number of ketones is 1. The molecule has 0 saturated carbocycles. The van der Waals surface area contributed by atoms with Gasteiger partial charge in [-0.05, 0) is 58.0 Å². The topological polar surface area (TPSA) is 68.9 Å². The highest BCUT2D eigenvalue weighted by Gasteiger charge is 2.22. The number of nitrogens with zero attached hydrogens (tertiary/aromatic N) is 3. The molecule has 6 nitrogen and oxygen atoms in total. The summed E-state index contributed by atoms with van der Waals surface area (Å²) in [6.45, 7) is 7.98. The quantitative estimate of drug-likeness (QED) is 0.454. The first-order valence-corrected chi connectivity index (χ1v) is 10.7. The van der Waals surface area contributed by atoms with E-state index in [9.17, 15) is 9.59 Å². The monoisotopic (exact) mass is 428 g/mol. The number of hydrogen-bond donors (Lipinski definition) is 1. The third-order valence-electron chi connectivity index (χ3n) is 6.11. The van der Waals surface area contributed by atoms with E-state index < -0.39 is 0 Å². The highest BCUT2D eigenvalue weighted by molar-refractivity contribution is 5.98. The van der Waals surface area contributed by atoms with E-state index in [2.05, 4.69) is 5.32 Å². The molecule has 2 heterocycles. The van der Waals surface area contributed by atoms with Crippen molar-refractivity contribution in [3.8, 4) is 0 Å². The fraction of sp³-hybridized carbons (Fsp3) is 0.269. The Morgan fingerprint density at radius 2 is 1.72 bits per heavy atom. The van der Waals surface area contributed by atoms with Gasteiger partial charge in [-0.1, -0.05) is 29.8 Å². The number of carbonyl (C=O) groups is 2. The third-order valence-corrected chi connectivity index (χ3v) is 6.11. The molecule has 6 heteroatoms. The Morgan fingerprint density at radius 3 is 2.38 bits per heavy atom. The smallest absolute Gasteiger partial charge is 0.251 e. The molecular formula is C26H28N4O2. The molecule has 1 unspecified atom stereocenters. The van der Waals surface area contributed by atoms with Crippen molar-refractivity contribution in [3.05, 3.63) is 88.5 Å². The summed E-state index contributed by atoms with van der Waals surface area (Å²) >= 11 is 0. The Bertz CT molecular complexity index is 1310. The number of rotatable bonds is 6. The normalized spacial score (nSPS) is 12.2. The number of amides is 1. The maximum Gasteiger partial charge on any atom is 0.251 e. The SMILES string of the molecule is Cc1ccc(C(=O)NC(C)c2nc3ccccc3n2CC(=O)c2cc(C)n(C)c2C)cc1. The van der Waals surface area contributed by atoms with Gasteiger partial charge in [0.15, 0.2) is 5.78 Å². The van der Waals surface area contributed by atoms with Crippen molar-refractivity contribution in [2.24, 2.45) is 7.05 Å². The van der Waals surface area contributed by atoms with E-state index >= 15 is 0 Å². The highest BCUT2D eigenvalue weighted by atomic mass is 16.1. The van der Waals surface area contributed by atoms with Gasteiger partial charge in [-0.15, -0.1) is 0 Å². The number of carbonyl (C=O) groups excluding carboxylic acids is 2. The average Bonchev–Trinajstić information content (AvgIpc) is 3.27. The lowest BCUT2D eigenvalue weighted by atomic mass is 10.1. The zero-order chi connectivity index (χ0) is 23.0. The van der Waals surface area contributed by atoms with Crippen LogP contribution in [-0.2, 0) is 13.6 Å². The first-order valence-electron chi connectivity index (χ1n) is 10.7. The van der Waals surface area contributed by atoms with Crippen LogP contribution in [0.2, 0.25) is 0 Å². The minimum absolute atomic E-state index is 0.0210. The lowest BCUT2D eigenvalue weighted by molar-refractivity contribution is 0.0937. The summed E-state index contributed by atoms with van der Waals surface area (Å²) in [6.07, 6.45) is 0. The third kappa shape index (κ3) is 3.96. The number of imidazole rings is 1. The lowest BCUT2D eigenvalue weighted by Gasteiger charge is -2.16. The predicted molar refractivity (Wildman–Crippen MR) is 126 cm³/mol. The van der Waals surface area contributed by atoms with Crippen molar-refractivity contribution >= 4 is 22.7 Å². The Hall–Kier alpha value is -3.67. The molecule has 32 heavy (non-hydrogen) atoms. The maximum atomic E-state index is 13.2. The minimum atomic E-state index is -0.373. The van der Waals surface area contributed by atoms with Gasteiger partial charge in [0.1, 0.15) is 5.82 Å². The van der Waals surface area contributed by atoms with Gasteiger partial charge >= 0.3 is 0 Å². The number of fused-ring (bicyclic) bond motifs is 1. The summed E-state index contributed by atoms with van der Waals surface area (Å²) in [7, 11) is 1.96. The highest BCUT2D eigenvalue weighted by Crippen LogP contribution is 2.23. The van der Waals surface area contributed by atoms with Gasteiger partial charge in [0.25, 0.3) is 5.91 Å². The number of benzene rings is 2. The number of aryl methyl sites for hydroxylation is 2. The Morgan fingerprint density at radius 1 is 1.03 bits per heavy atom. The average molecular weight is 429 g/mol. The van der Waals surface area contributed by atoms with Crippen LogP contribution in [0, 0.1) is 20.8 Å². The number of aromatic nitrogens is 3. The molecule has 2 aromatic carbocycles. The maximum absolute atomic E-state index is 13.2. The van der Waals surface area contributed by atoms with Crippen LogP contribution in [0.25, 0.3) is 11.0 Å². The van der Waals surface area contributed by atoms with Crippen molar-refractivity contribution in [2.75, 3.05) is 0 Å². The largest absolute Gasteiger partial charge is 0.351 e. The van der Waals surface area contributed by atoms with E-state index in [1.165, 1.54) is 0 Å². The van der Waals surface area contributed by atoms with Crippen LogP contribution in [0.4, 0.5) is 0 Å². The number of nitrogens with one attached hydrogen (secondary N) is 1. The van der Waals surface area contributed by atoms with Gasteiger partial charge in [0.2, 0.25) is 0 Å². The van der Waals surface area contributed by atoms with Crippen LogP contribution in [0.5, 0.6) is 0 Å². The molecule has 2 aromatic heterocycles. The second kappa shape index (κ2) is 8.46. The molecule has 1 amide bonds. The summed E-state index contributed by atoms with van der Waals surface area (Å²) in [5.74, 6) is 0.509. The van der Waals surface area contributed by atoms with Gasteiger partial charge < -0.3 is 14.5 Å². The Labute approximate surface area is 187 Å². The molecule has 0 spiro atoms. The minimum Gasteiger partial charge on any atom is -0.351 e. The first-order chi connectivity index (χ1) is 15.3. The van der Waals surface area contributed by atoms with E-state index in [0.29, 0.717) is 17.0 Å². The standard InChI is InChI=1S/C26H28N4O2/c1-16-10-12-20(13-11-16)26(32)27-18(3)25-28-22-8-6-7-9-23(22)30(25)15-24(31)21-14-17(2)29(5)19(21)4/h6-14,18H,15H2,1-5H3,(H,27,32). The molecule has 4 aromatic rings. The number of para-hydroxylation sites is 2. The molecule has 1 atom stereocenters. The molecule has 0 aliphatic carbocycles. The van der Waals surface area contributed by atoms with Crippen LogP contribution in [0.15, 0.2) is 54.6 Å². The van der Waals surface area contributed by atoms with E-state index in [4.69, 9.17) is 4.98 Å². The summed E-state index contributed by atoms with van der Waals surface area (Å²) in [6, 6.07) is 16.7. The summed E-state index contributed by atoms with van der Waals surface area (Å²) in [5.41, 5.74) is 6.06. The fourth-order valence-electron chi connectivity index (χ4n) is 4.01. The van der Waals surface area contributed by atoms with Crippen LogP contribution >= 0.6 is 0 Å². The van der Waals surface area contributed by atoms with Gasteiger partial charge in [-0.25, -0.2) is 4.98 Å². The number of hydrogen-bond acceptors (Lipinski definition) is 3. The summed E-state index contributed by atoms with van der Waals surface area (Å²) in [5, 5.41) is 3.03. The summed E-state index contributed by atoms with van der Waals surface area (Å²) < 4.78 is 3.93. The predicted octanol–water partition coefficient (Wildman–Crippen LogP) is 4.67. The zero-order valence-electron chi connectivity index (χ0n) is 19.1. The van der Waals surface area contributed by atoms with Gasteiger partial charge in [0, 0.05) is 29.6 Å². The molecule has 164 valence electrons. The molecule has 0 saturated heterocycles. The summed E-state index contributed by atoms with van der Waals surface area (Å²) in [4.78, 5) is 30.8. The fourth-order valence-corrected chi connectivity index (χ4v) is 4.01. The van der Waals surface area contributed by atoms with Crippen LogP contribution < -0.4 is 5.32 Å². The second-order valence-corrected chi connectivity index (χ2v) is 8.37. The molecule has 0 aliphatic rings. The van der Waals surface area contributed by atoms with Crippen molar-refractivity contribution in [1.29, 1.82) is 0 Å². The first kappa shape index (κ1) is 21.6. The Balaban J connectivity index is 1.66. The van der Waals surface area contributed by atoms with Crippen molar-refractivity contribution < 1.29 is 9.59 Å². The molecule has 0 radical (unpaired) electrons. The zero-order valence-corrected chi connectivity index (χ0v) is 19.1. The molecule has 4 rings (SSSR count). The lowest BCUT2D eigenvalue weighted by Crippen LogP contribution is -2.29. The van der Waals surface area contributed by atoms with Crippen LogP contribution in [0.3, 0.4) is 0 Å². The molecule has 0 fully saturated rings. The van der Waals surface area contributed by atoms with Crippen molar-refractivity contribution in [1.82, 2.24) is 19.4 Å². The van der Waals surface area contributed by atoms with Gasteiger partial charge in [-0.2, -0.15) is 0 Å². The van der Waals surface area contributed by atoms with Crippen molar-refractivity contribution in [3.63, 3.8) is 0 Å². The van der Waals surface area contributed by atoms with E-state index in [-0.39, 0.29) is 24.3 Å². The molecule has 0 aliphatic heterocycles. The molecule has 1 N–H and O–H groups in total. The van der Waals surface area contributed by atoms with Crippen LogP contribution in [-0.4, -0.2) is 25.8 Å². The second-order valence-electron chi connectivity index (χ2n) is 8.37. The van der Waals surface area contributed by atoms with E-state index in [0.717, 1.165) is 28.0 Å².